The number of hydrogen-bond donors (Lipinski definition) is 2. The molecule has 3 heteroatoms. The number of fused-ring (bicyclic) bond motifs is 1. The maximum atomic E-state index is 11.5. The topological polar surface area (TPSA) is 58.9 Å². The zero-order valence-electron chi connectivity index (χ0n) is 16.3. The fourth-order valence-corrected chi connectivity index (χ4v) is 2.07. The Hall–Kier alpha value is -1.61. The largest absolute Gasteiger partial charge is 0.361 e. The highest BCUT2D eigenvalue weighted by molar-refractivity contribution is 5.87. The summed E-state index contributed by atoms with van der Waals surface area (Å²) in [6.45, 7) is 15.9. The summed E-state index contributed by atoms with van der Waals surface area (Å²) >= 11 is 0. The van der Waals surface area contributed by atoms with Gasteiger partial charge in [0.2, 0.25) is 0 Å². The first-order valence-electron chi connectivity index (χ1n) is 8.96. The molecule has 0 saturated heterocycles. The predicted octanol–water partition coefficient (Wildman–Crippen LogP) is 5.90. The van der Waals surface area contributed by atoms with Crippen LogP contribution in [0.3, 0.4) is 0 Å². The lowest BCUT2D eigenvalue weighted by Crippen LogP contribution is -2.31. The molecule has 0 bridgehead atoms. The summed E-state index contributed by atoms with van der Waals surface area (Å²) in [6, 6.07) is 5.87. The van der Waals surface area contributed by atoms with Crippen LogP contribution in [0.25, 0.3) is 10.9 Å². The van der Waals surface area contributed by atoms with Gasteiger partial charge >= 0.3 is 0 Å². The Morgan fingerprint density at radius 1 is 1.17 bits per heavy atom. The Kier molecular flexibility index (Phi) is 14.4. The molecule has 0 fully saturated rings. The molecule has 0 aliphatic rings. The number of aromatic amines is 1. The Balaban J connectivity index is -0.000000250. The van der Waals surface area contributed by atoms with E-state index >= 15 is 0 Å². The number of benzene rings is 1. The van der Waals surface area contributed by atoms with Crippen molar-refractivity contribution >= 4 is 16.7 Å². The van der Waals surface area contributed by atoms with Gasteiger partial charge in [-0.25, -0.2) is 0 Å². The van der Waals surface area contributed by atoms with Crippen LogP contribution in [0.4, 0.5) is 0 Å². The smallest absolute Gasteiger partial charge is 0.149 e. The lowest BCUT2D eigenvalue weighted by Gasteiger charge is -2.08. The molecule has 1 aromatic carbocycles. The monoisotopic (exact) mass is 324 g/mol. The van der Waals surface area contributed by atoms with E-state index in [9.17, 15) is 4.79 Å². The van der Waals surface area contributed by atoms with E-state index in [4.69, 9.17) is 5.73 Å². The number of hydrogen-bond acceptors (Lipinski definition) is 2. The van der Waals surface area contributed by atoms with Gasteiger partial charge in [-0.2, -0.15) is 0 Å². The molecule has 0 radical (unpaired) electrons. The number of aryl methyl sites for hydroxylation is 1. The molecular formula is C20H40N2O. The van der Waals surface area contributed by atoms with Crippen LogP contribution in [-0.2, 0) is 11.2 Å². The van der Waals surface area contributed by atoms with E-state index < -0.39 is 0 Å². The van der Waals surface area contributed by atoms with Crippen molar-refractivity contribution in [2.75, 3.05) is 0 Å². The molecule has 2 aromatic rings. The molecule has 0 spiro atoms. The fourth-order valence-electron chi connectivity index (χ4n) is 2.07. The summed E-state index contributed by atoms with van der Waals surface area (Å²) in [5.74, 6) is 0.118. The number of nitrogens with one attached hydrogen (secondary N) is 1. The van der Waals surface area contributed by atoms with Crippen molar-refractivity contribution < 1.29 is 7.65 Å². The van der Waals surface area contributed by atoms with Gasteiger partial charge in [0.25, 0.3) is 0 Å². The number of carbonyl (C=O) groups is 1. The van der Waals surface area contributed by atoms with Crippen molar-refractivity contribution in [3.63, 3.8) is 0 Å². The van der Waals surface area contributed by atoms with E-state index in [1.54, 1.807) is 0 Å². The zero-order chi connectivity index (χ0) is 18.4. The van der Waals surface area contributed by atoms with Crippen LogP contribution in [0.5, 0.6) is 0 Å². The average Bonchev–Trinajstić information content (AvgIpc) is 3.01. The highest BCUT2D eigenvalue weighted by Crippen LogP contribution is 2.20. The molecule has 1 unspecified atom stereocenters. The Labute approximate surface area is 145 Å². The second-order valence-electron chi connectivity index (χ2n) is 4.49. The van der Waals surface area contributed by atoms with Crippen LogP contribution in [0.15, 0.2) is 24.4 Å². The van der Waals surface area contributed by atoms with Crippen LogP contribution in [0.1, 0.15) is 68.9 Å². The summed E-state index contributed by atoms with van der Waals surface area (Å²) in [4.78, 5) is 14.7. The van der Waals surface area contributed by atoms with Crippen molar-refractivity contribution in [3.8, 4) is 0 Å². The van der Waals surface area contributed by atoms with E-state index in [1.807, 2.05) is 54.7 Å². The lowest BCUT2D eigenvalue weighted by atomic mass is 10.0. The maximum Gasteiger partial charge on any atom is 0.149 e. The van der Waals surface area contributed by atoms with Crippen molar-refractivity contribution in [1.29, 1.82) is 0 Å². The molecule has 3 N–H and O–H groups in total. The Morgan fingerprint density at radius 3 is 2.26 bits per heavy atom. The minimum Gasteiger partial charge on any atom is -0.361 e. The molecule has 2 rings (SSSR count). The second kappa shape index (κ2) is 14.0. The van der Waals surface area contributed by atoms with Gasteiger partial charge in [0.15, 0.2) is 0 Å². The minimum atomic E-state index is -0.389. The molecule has 0 amide bonds. The molecule has 23 heavy (non-hydrogen) atoms. The highest BCUT2D eigenvalue weighted by atomic mass is 16.1. The van der Waals surface area contributed by atoms with Gasteiger partial charge in [0.1, 0.15) is 5.78 Å². The number of nitrogens with two attached hydrogens (primary N) is 1. The van der Waals surface area contributed by atoms with Gasteiger partial charge in [-0.1, -0.05) is 60.1 Å². The van der Waals surface area contributed by atoms with Crippen LogP contribution in [-0.4, -0.2) is 16.8 Å². The summed E-state index contributed by atoms with van der Waals surface area (Å²) in [5, 5.41) is 1.17. The molecule has 1 aromatic heterocycles. The van der Waals surface area contributed by atoms with Crippen molar-refractivity contribution in [2.24, 2.45) is 5.73 Å². The van der Waals surface area contributed by atoms with Crippen molar-refractivity contribution in [1.82, 2.24) is 4.98 Å². The first-order chi connectivity index (χ1) is 11.1. The van der Waals surface area contributed by atoms with Gasteiger partial charge in [0, 0.05) is 26.4 Å². The number of ketones is 1. The number of Topliss-reactive ketones (excluding diaryl/α,β-unsaturated/α-hetero) is 1. The third kappa shape index (κ3) is 7.47. The summed E-state index contributed by atoms with van der Waals surface area (Å²) in [5.41, 5.74) is 9.32. The first kappa shape index (κ1) is 23.7. The number of carbonyl (C=O) groups excluding carboxylic acids is 1. The number of H-pyrrole nitrogens is 1. The van der Waals surface area contributed by atoms with E-state index in [2.05, 4.69) is 30.1 Å². The Bertz CT molecular complexity index is 554. The summed E-state index contributed by atoms with van der Waals surface area (Å²) in [7, 11) is 0. The molecule has 136 valence electrons. The third-order valence-electron chi connectivity index (χ3n) is 3.12. The summed E-state index contributed by atoms with van der Waals surface area (Å²) in [6.07, 6.45) is 3.06. The number of rotatable bonds is 4. The minimum absolute atomic E-state index is 0. The number of aromatic nitrogens is 1. The molecular weight excluding hydrogens is 284 g/mol. The Morgan fingerprint density at radius 2 is 1.74 bits per heavy atom. The second-order valence-corrected chi connectivity index (χ2v) is 4.49. The van der Waals surface area contributed by atoms with Gasteiger partial charge in [-0.15, -0.1) is 0 Å². The standard InChI is InChI=1S/C14H18N2O.3C2H6.2H2/c1-3-14(17)12(15)7-10-8-16-13-5-4-9(2)6-11(10)13;3*1-2;;/h4-6,8,12,16H,3,7,15H2,1-2H3;3*1-2H3;2*1H. The van der Waals surface area contributed by atoms with E-state index in [-0.39, 0.29) is 14.7 Å². The van der Waals surface area contributed by atoms with E-state index in [0.717, 1.165) is 11.1 Å². The quantitative estimate of drug-likeness (QED) is 0.736. The van der Waals surface area contributed by atoms with Crippen LogP contribution >= 0.6 is 0 Å². The van der Waals surface area contributed by atoms with Gasteiger partial charge in [-0.05, 0) is 31.0 Å². The van der Waals surface area contributed by atoms with Crippen LogP contribution in [0.2, 0.25) is 0 Å². The van der Waals surface area contributed by atoms with Gasteiger partial charge in [-0.3, -0.25) is 4.79 Å². The molecule has 0 aliphatic heterocycles. The zero-order valence-corrected chi connectivity index (χ0v) is 16.3. The third-order valence-corrected chi connectivity index (χ3v) is 3.12. The van der Waals surface area contributed by atoms with Crippen LogP contribution < -0.4 is 5.73 Å². The van der Waals surface area contributed by atoms with E-state index in [1.165, 1.54) is 10.9 Å². The van der Waals surface area contributed by atoms with Gasteiger partial charge < -0.3 is 10.7 Å². The molecule has 3 nitrogen and oxygen atoms in total. The molecule has 0 saturated carbocycles. The van der Waals surface area contributed by atoms with Gasteiger partial charge in [0.05, 0.1) is 6.04 Å². The molecule has 0 aliphatic carbocycles. The normalized spacial score (nSPS) is 10.3. The van der Waals surface area contributed by atoms with Crippen LogP contribution in [0, 0.1) is 6.92 Å². The van der Waals surface area contributed by atoms with Crippen molar-refractivity contribution in [3.05, 3.63) is 35.5 Å². The summed E-state index contributed by atoms with van der Waals surface area (Å²) < 4.78 is 0. The average molecular weight is 325 g/mol. The highest BCUT2D eigenvalue weighted by Gasteiger charge is 2.14. The first-order valence-corrected chi connectivity index (χ1v) is 8.96. The molecule has 1 heterocycles. The molecule has 1 atom stereocenters. The van der Waals surface area contributed by atoms with E-state index in [0.29, 0.717) is 12.8 Å². The predicted molar refractivity (Wildman–Crippen MR) is 108 cm³/mol. The maximum absolute atomic E-state index is 11.5. The fraction of sp³-hybridized carbons (Fsp3) is 0.550. The SMILES string of the molecule is CC.CC.CC.CCC(=O)C(N)Cc1c[nH]c2ccc(C)cc12.[HH].[HH]. The lowest BCUT2D eigenvalue weighted by molar-refractivity contribution is -0.119. The van der Waals surface area contributed by atoms with Crippen molar-refractivity contribution in [2.45, 2.75) is 74.3 Å².